The standard InChI is InChI=1S/C9H7.C7H19Si2.Sc/c1-2-5-9-7-3-6-8(9)4-1;1-8(2,3)7-9(4,5)6;/h1-7H;7H,1-6H3;. The van der Waals surface area contributed by atoms with Gasteiger partial charge in [0.25, 0.3) is 0 Å². The maximum atomic E-state index is 2.60. The number of hydrogen-bond acceptors (Lipinski definition) is 0. The quantitative estimate of drug-likeness (QED) is 0.654. The zero-order chi connectivity index (χ0) is 14.3. The fourth-order valence-corrected chi connectivity index (χ4v) is 24.0. The Morgan fingerprint density at radius 1 is 0.947 bits per heavy atom. The molecule has 0 spiro atoms. The van der Waals surface area contributed by atoms with Gasteiger partial charge in [-0.25, -0.2) is 0 Å². The summed E-state index contributed by atoms with van der Waals surface area (Å²) in [6.07, 6.45) is 4.88. The Hall–Kier alpha value is 0.264. The van der Waals surface area contributed by atoms with Gasteiger partial charge in [-0.2, -0.15) is 0 Å². The molecule has 0 radical (unpaired) electrons. The first-order chi connectivity index (χ1) is 8.69. The van der Waals surface area contributed by atoms with Crippen molar-refractivity contribution in [2.24, 2.45) is 0 Å². The van der Waals surface area contributed by atoms with Crippen molar-refractivity contribution in [2.75, 3.05) is 0 Å². The molecule has 1 aromatic carbocycles. The third-order valence-corrected chi connectivity index (χ3v) is 26.1. The van der Waals surface area contributed by atoms with Crippen LogP contribution in [0.15, 0.2) is 30.3 Å². The fourth-order valence-electron chi connectivity index (χ4n) is 3.53. The second kappa shape index (κ2) is 5.57. The number of allylic oxidation sites excluding steroid dienone is 1. The van der Waals surface area contributed by atoms with E-state index in [4.69, 9.17) is 0 Å². The third-order valence-electron chi connectivity index (χ3n) is 4.10. The van der Waals surface area contributed by atoms with Gasteiger partial charge in [0.15, 0.2) is 0 Å². The Balaban J connectivity index is 2.24. The van der Waals surface area contributed by atoms with Crippen molar-refractivity contribution in [2.45, 2.75) is 45.9 Å². The summed E-state index contributed by atoms with van der Waals surface area (Å²) in [5, 5.41) is 0. The second-order valence-corrected chi connectivity index (χ2v) is 24.0. The van der Waals surface area contributed by atoms with E-state index in [0.717, 1.165) is 6.60 Å². The first kappa shape index (κ1) is 15.6. The van der Waals surface area contributed by atoms with Gasteiger partial charge in [-0.3, -0.25) is 0 Å². The molecule has 1 atom stereocenters. The Labute approximate surface area is 132 Å². The van der Waals surface area contributed by atoms with Crippen LogP contribution in [-0.2, 0) is 22.9 Å². The average molecular weight is 320 g/mol. The molecule has 1 aliphatic carbocycles. The van der Waals surface area contributed by atoms with Crippen molar-refractivity contribution in [1.82, 2.24) is 0 Å². The number of hydrogen-bond donors (Lipinski definition) is 0. The molecule has 0 aliphatic heterocycles. The Bertz CT molecular complexity index is 466. The molecule has 101 valence electrons. The Morgan fingerprint density at radius 3 is 2.11 bits per heavy atom. The molecule has 2 rings (SSSR count). The maximum absolute atomic E-state index is 2.60. The van der Waals surface area contributed by atoms with E-state index in [1.54, 1.807) is 5.56 Å². The summed E-state index contributed by atoms with van der Waals surface area (Å²) in [4.78, 5) is 0. The monoisotopic (exact) mass is 319 g/mol. The van der Waals surface area contributed by atoms with Gasteiger partial charge in [0, 0.05) is 0 Å². The van der Waals surface area contributed by atoms with Gasteiger partial charge in [0.1, 0.15) is 0 Å². The summed E-state index contributed by atoms with van der Waals surface area (Å²) in [6, 6.07) is 9.03. The average Bonchev–Trinajstić information content (AvgIpc) is 2.66. The van der Waals surface area contributed by atoms with Gasteiger partial charge in [-0.15, -0.1) is 0 Å². The molecule has 1 unspecified atom stereocenters. The van der Waals surface area contributed by atoms with Crippen molar-refractivity contribution >= 4 is 22.2 Å². The topological polar surface area (TPSA) is 0 Å². The van der Waals surface area contributed by atoms with Gasteiger partial charge >= 0.3 is 132 Å². The van der Waals surface area contributed by atoms with E-state index >= 15 is 0 Å². The minimum atomic E-state index is -1.01. The van der Waals surface area contributed by atoms with Crippen LogP contribution in [0.2, 0.25) is 42.2 Å². The molecule has 0 amide bonds. The molecule has 0 heterocycles. The van der Waals surface area contributed by atoms with Crippen LogP contribution in [0.3, 0.4) is 0 Å². The molecule has 19 heavy (non-hydrogen) atoms. The van der Waals surface area contributed by atoms with Gasteiger partial charge in [-0.1, -0.05) is 0 Å². The molecule has 3 heteroatoms. The van der Waals surface area contributed by atoms with Crippen LogP contribution in [0.25, 0.3) is 6.08 Å². The van der Waals surface area contributed by atoms with Crippen molar-refractivity contribution in [3.8, 4) is 0 Å². The van der Waals surface area contributed by atoms with E-state index in [2.05, 4.69) is 75.7 Å². The second-order valence-electron chi connectivity index (χ2n) is 7.92. The van der Waals surface area contributed by atoms with Crippen LogP contribution in [0.4, 0.5) is 0 Å². The fraction of sp³-hybridized carbons (Fsp3) is 0.500. The zero-order valence-corrected chi connectivity index (χ0v) is 17.0. The summed E-state index contributed by atoms with van der Waals surface area (Å²) in [6.45, 7) is 15.6. The van der Waals surface area contributed by atoms with Crippen LogP contribution in [0.5, 0.6) is 0 Å². The van der Waals surface area contributed by atoms with Gasteiger partial charge in [-0.05, 0) is 0 Å². The minimum absolute atomic E-state index is 0.260. The van der Waals surface area contributed by atoms with Crippen LogP contribution < -0.4 is 0 Å². The van der Waals surface area contributed by atoms with E-state index < -0.39 is 16.1 Å². The predicted molar refractivity (Wildman–Crippen MR) is 88.7 cm³/mol. The molecule has 0 fully saturated rings. The molecular weight excluding hydrogens is 293 g/mol. The van der Waals surface area contributed by atoms with E-state index in [9.17, 15) is 0 Å². The van der Waals surface area contributed by atoms with Crippen molar-refractivity contribution in [3.05, 3.63) is 41.5 Å². The third kappa shape index (κ3) is 3.67. The molecule has 1 aliphatic rings. The molecule has 0 saturated carbocycles. The number of fused-ring (bicyclic) bond motifs is 1. The van der Waals surface area contributed by atoms with Crippen molar-refractivity contribution in [1.29, 1.82) is 0 Å². The van der Waals surface area contributed by atoms with Gasteiger partial charge < -0.3 is 0 Å². The molecule has 0 nitrogen and oxygen atoms in total. The van der Waals surface area contributed by atoms with E-state index in [-0.39, 0.29) is 22.9 Å². The van der Waals surface area contributed by atoms with Gasteiger partial charge in [0.05, 0.1) is 0 Å². The Kier molecular flexibility index (Phi) is 4.59. The van der Waals surface area contributed by atoms with E-state index in [0.29, 0.717) is 0 Å². The van der Waals surface area contributed by atoms with Crippen molar-refractivity contribution < 1.29 is 22.9 Å². The Morgan fingerprint density at radius 2 is 1.53 bits per heavy atom. The van der Waals surface area contributed by atoms with E-state index in [1.165, 1.54) is 5.56 Å². The van der Waals surface area contributed by atoms with Crippen molar-refractivity contribution in [3.63, 3.8) is 0 Å². The summed E-state index contributed by atoms with van der Waals surface area (Å²) in [7, 11) is -2.03. The molecular formula is C16H26ScSi2. The summed E-state index contributed by atoms with van der Waals surface area (Å²) in [5.74, 6) is 0. The number of rotatable bonds is 4. The molecule has 1 aromatic rings. The molecule has 0 saturated heterocycles. The predicted octanol–water partition coefficient (Wildman–Crippen LogP) is 5.38. The van der Waals surface area contributed by atoms with Crippen LogP contribution >= 0.6 is 0 Å². The SMILES string of the molecule is C[Si](C)(C)[CH]([Sc][CH]1C=Cc2ccccc21)[Si](C)(C)C. The van der Waals surface area contributed by atoms with Crippen LogP contribution in [-0.4, -0.2) is 16.1 Å². The molecule has 0 bridgehead atoms. The summed E-state index contributed by atoms with van der Waals surface area (Å²) in [5.41, 5.74) is 3.11. The van der Waals surface area contributed by atoms with Crippen LogP contribution in [0.1, 0.15) is 14.8 Å². The first-order valence-electron chi connectivity index (χ1n) is 7.32. The van der Waals surface area contributed by atoms with Crippen LogP contribution in [0, 0.1) is 0 Å². The molecule has 0 N–H and O–H groups in total. The zero-order valence-electron chi connectivity index (χ0n) is 13.2. The number of benzene rings is 1. The first-order valence-corrected chi connectivity index (χ1v) is 16.6. The molecule has 0 aromatic heterocycles. The summed E-state index contributed by atoms with van der Waals surface area (Å²) < 4.78 is 1.97. The van der Waals surface area contributed by atoms with Gasteiger partial charge in [0.2, 0.25) is 0 Å². The normalized spacial score (nSPS) is 18.6. The van der Waals surface area contributed by atoms with E-state index in [1.807, 2.05) is 0 Å². The summed E-state index contributed by atoms with van der Waals surface area (Å²) >= 11 is -0.260.